The first-order valence-corrected chi connectivity index (χ1v) is 8.33. The molecule has 120 valence electrons. The van der Waals surface area contributed by atoms with E-state index in [-0.39, 0.29) is 17.7 Å². The largest absolute Gasteiger partial charge is 0.491 e. The fraction of sp³-hybridized carbons (Fsp3) is 0.611. The predicted molar refractivity (Wildman–Crippen MR) is 85.0 cm³/mol. The zero-order chi connectivity index (χ0) is 15.6. The molecule has 2 aliphatic rings. The molecule has 1 saturated heterocycles. The summed E-state index contributed by atoms with van der Waals surface area (Å²) in [6.07, 6.45) is 5.60. The van der Waals surface area contributed by atoms with Crippen LogP contribution >= 0.6 is 0 Å². The van der Waals surface area contributed by atoms with E-state index in [2.05, 4.69) is 0 Å². The predicted octanol–water partition coefficient (Wildman–Crippen LogP) is 3.61. The molecule has 0 bridgehead atoms. The second-order valence-electron chi connectivity index (χ2n) is 6.50. The lowest BCUT2D eigenvalue weighted by molar-refractivity contribution is -0.0919. The van der Waals surface area contributed by atoms with Crippen molar-refractivity contribution in [2.45, 2.75) is 57.8 Å². The number of nitrogens with zero attached hydrogens (tertiary/aromatic N) is 1. The van der Waals surface area contributed by atoms with Gasteiger partial charge in [-0.3, -0.25) is 4.79 Å². The molecule has 22 heavy (non-hydrogen) atoms. The van der Waals surface area contributed by atoms with E-state index in [9.17, 15) is 4.79 Å². The molecule has 0 aromatic heterocycles. The molecule has 1 aromatic rings. The third-order valence-electron chi connectivity index (χ3n) is 4.53. The van der Waals surface area contributed by atoms with Crippen LogP contribution in [0.5, 0.6) is 5.75 Å². The van der Waals surface area contributed by atoms with Crippen molar-refractivity contribution in [3.05, 3.63) is 29.8 Å². The van der Waals surface area contributed by atoms with Crippen molar-refractivity contribution in [2.75, 3.05) is 13.2 Å². The summed E-state index contributed by atoms with van der Waals surface area (Å²) in [6.45, 7) is 5.34. The molecule has 1 amide bonds. The van der Waals surface area contributed by atoms with Crippen LogP contribution in [0.25, 0.3) is 0 Å². The summed E-state index contributed by atoms with van der Waals surface area (Å²) >= 11 is 0. The van der Waals surface area contributed by atoms with E-state index in [0.29, 0.717) is 18.7 Å². The maximum absolute atomic E-state index is 12.9. The van der Waals surface area contributed by atoms with Gasteiger partial charge in [-0.2, -0.15) is 0 Å². The van der Waals surface area contributed by atoms with Crippen molar-refractivity contribution in [2.24, 2.45) is 0 Å². The van der Waals surface area contributed by atoms with Gasteiger partial charge in [0.25, 0.3) is 5.91 Å². The summed E-state index contributed by atoms with van der Waals surface area (Å²) in [7, 11) is 0. The highest BCUT2D eigenvalue weighted by atomic mass is 16.5. The smallest absolute Gasteiger partial charge is 0.256 e. The number of hydrogen-bond acceptors (Lipinski definition) is 3. The van der Waals surface area contributed by atoms with Gasteiger partial charge in [0.15, 0.2) is 0 Å². The summed E-state index contributed by atoms with van der Waals surface area (Å²) < 4.78 is 11.6. The Morgan fingerprint density at radius 3 is 2.50 bits per heavy atom. The number of benzene rings is 1. The Labute approximate surface area is 132 Å². The first-order chi connectivity index (χ1) is 10.6. The second-order valence-corrected chi connectivity index (χ2v) is 6.50. The fourth-order valence-electron chi connectivity index (χ4n) is 3.52. The molecule has 0 radical (unpaired) electrons. The highest BCUT2D eigenvalue weighted by Crippen LogP contribution is 2.38. The minimum absolute atomic E-state index is 0.0792. The lowest BCUT2D eigenvalue weighted by Gasteiger charge is -2.40. The number of carbonyl (C=O) groups is 1. The Kier molecular flexibility index (Phi) is 4.39. The van der Waals surface area contributed by atoms with E-state index in [0.717, 1.165) is 31.4 Å². The Morgan fingerprint density at radius 2 is 1.86 bits per heavy atom. The normalized spacial score (nSPS) is 20.6. The minimum atomic E-state index is -0.345. The van der Waals surface area contributed by atoms with E-state index in [4.69, 9.17) is 9.47 Å². The highest BCUT2D eigenvalue weighted by molar-refractivity contribution is 5.95. The van der Waals surface area contributed by atoms with Gasteiger partial charge in [0.2, 0.25) is 0 Å². The van der Waals surface area contributed by atoms with Crippen LogP contribution < -0.4 is 4.74 Å². The summed E-state index contributed by atoms with van der Waals surface area (Å²) in [5.41, 5.74) is 0.370. The molecule has 1 spiro atoms. The van der Waals surface area contributed by atoms with E-state index in [1.54, 1.807) is 0 Å². The van der Waals surface area contributed by atoms with Gasteiger partial charge in [-0.25, -0.2) is 0 Å². The standard InChI is InChI=1S/C18H25NO3/c1-14(2)22-16-8-6-15(7-9-16)17(20)19-12-13-21-18(19)10-4-3-5-11-18/h6-9,14H,3-5,10-13H2,1-2H3. The quantitative estimate of drug-likeness (QED) is 0.856. The number of hydrogen-bond donors (Lipinski definition) is 0. The Hall–Kier alpha value is -1.55. The maximum atomic E-state index is 12.9. The highest BCUT2D eigenvalue weighted by Gasteiger charge is 2.45. The van der Waals surface area contributed by atoms with Crippen LogP contribution in [0.15, 0.2) is 24.3 Å². The summed E-state index contributed by atoms with van der Waals surface area (Å²) in [6, 6.07) is 7.46. The SMILES string of the molecule is CC(C)Oc1ccc(C(=O)N2CCOC23CCCCC3)cc1. The van der Waals surface area contributed by atoms with Crippen molar-refractivity contribution in [1.82, 2.24) is 4.90 Å². The number of amides is 1. The molecule has 1 heterocycles. The first kappa shape index (κ1) is 15.3. The third kappa shape index (κ3) is 2.98. The molecule has 3 rings (SSSR count). The average molecular weight is 303 g/mol. The van der Waals surface area contributed by atoms with E-state index in [1.165, 1.54) is 6.42 Å². The number of rotatable bonds is 3. The Balaban J connectivity index is 1.75. The van der Waals surface area contributed by atoms with Crippen molar-refractivity contribution in [1.29, 1.82) is 0 Å². The Bertz CT molecular complexity index is 518. The summed E-state index contributed by atoms with van der Waals surface area (Å²) in [4.78, 5) is 14.8. The third-order valence-corrected chi connectivity index (χ3v) is 4.53. The molecule has 0 N–H and O–H groups in total. The monoisotopic (exact) mass is 303 g/mol. The van der Waals surface area contributed by atoms with Crippen LogP contribution in [0.3, 0.4) is 0 Å². The van der Waals surface area contributed by atoms with E-state index >= 15 is 0 Å². The van der Waals surface area contributed by atoms with E-state index in [1.807, 2.05) is 43.0 Å². The minimum Gasteiger partial charge on any atom is -0.491 e. The van der Waals surface area contributed by atoms with Crippen LogP contribution in [0, 0.1) is 0 Å². The van der Waals surface area contributed by atoms with Gasteiger partial charge in [0.1, 0.15) is 11.5 Å². The van der Waals surface area contributed by atoms with Gasteiger partial charge < -0.3 is 14.4 Å². The van der Waals surface area contributed by atoms with Crippen molar-refractivity contribution in [3.8, 4) is 5.75 Å². The Morgan fingerprint density at radius 1 is 1.18 bits per heavy atom. The molecular formula is C18H25NO3. The van der Waals surface area contributed by atoms with Gasteiger partial charge >= 0.3 is 0 Å². The van der Waals surface area contributed by atoms with Crippen LogP contribution in [-0.2, 0) is 4.74 Å². The van der Waals surface area contributed by atoms with Crippen molar-refractivity contribution >= 4 is 5.91 Å². The second kappa shape index (κ2) is 6.29. The summed E-state index contributed by atoms with van der Waals surface area (Å²) in [5.74, 6) is 0.882. The van der Waals surface area contributed by atoms with Crippen LogP contribution in [0.2, 0.25) is 0 Å². The lowest BCUT2D eigenvalue weighted by Crippen LogP contribution is -2.49. The van der Waals surface area contributed by atoms with E-state index < -0.39 is 0 Å². The average Bonchev–Trinajstić information content (AvgIpc) is 2.90. The molecular weight excluding hydrogens is 278 g/mol. The molecule has 2 fully saturated rings. The molecule has 4 nitrogen and oxygen atoms in total. The zero-order valence-electron chi connectivity index (χ0n) is 13.5. The van der Waals surface area contributed by atoms with Crippen LogP contribution in [0.1, 0.15) is 56.3 Å². The van der Waals surface area contributed by atoms with Crippen molar-refractivity contribution in [3.63, 3.8) is 0 Å². The van der Waals surface area contributed by atoms with Gasteiger partial charge in [0, 0.05) is 12.1 Å². The van der Waals surface area contributed by atoms with Gasteiger partial charge in [-0.15, -0.1) is 0 Å². The number of carbonyl (C=O) groups excluding carboxylic acids is 1. The molecule has 1 aliphatic carbocycles. The zero-order valence-corrected chi connectivity index (χ0v) is 13.5. The molecule has 0 atom stereocenters. The van der Waals surface area contributed by atoms with Crippen LogP contribution in [-0.4, -0.2) is 35.8 Å². The summed E-state index contributed by atoms with van der Waals surface area (Å²) in [5, 5.41) is 0. The van der Waals surface area contributed by atoms with Gasteiger partial charge in [-0.1, -0.05) is 6.42 Å². The molecule has 1 aliphatic heterocycles. The molecule has 1 aromatic carbocycles. The maximum Gasteiger partial charge on any atom is 0.256 e. The van der Waals surface area contributed by atoms with Gasteiger partial charge in [0.05, 0.1) is 12.7 Å². The number of ether oxygens (including phenoxy) is 2. The first-order valence-electron chi connectivity index (χ1n) is 8.33. The topological polar surface area (TPSA) is 38.8 Å². The fourth-order valence-corrected chi connectivity index (χ4v) is 3.52. The lowest BCUT2D eigenvalue weighted by atomic mass is 9.90. The van der Waals surface area contributed by atoms with Crippen LogP contribution in [0.4, 0.5) is 0 Å². The van der Waals surface area contributed by atoms with Gasteiger partial charge in [-0.05, 0) is 63.8 Å². The molecule has 0 unspecified atom stereocenters. The van der Waals surface area contributed by atoms with Crippen molar-refractivity contribution < 1.29 is 14.3 Å². The molecule has 4 heteroatoms. The molecule has 1 saturated carbocycles.